The average molecular weight is 647 g/mol. The Morgan fingerprint density at radius 2 is 1.98 bits per heavy atom. The first-order valence-electron chi connectivity index (χ1n) is 12.8. The number of ether oxygens (including phenoxy) is 1. The van der Waals surface area contributed by atoms with Crippen LogP contribution in [-0.2, 0) is 10.5 Å². The Morgan fingerprint density at radius 1 is 1.12 bits per heavy atom. The summed E-state index contributed by atoms with van der Waals surface area (Å²) in [6.45, 7) is 2.68. The normalized spacial score (nSPS) is 15.1. The SMILES string of the molecule is CCCCCOc1cccc(C2C(C(=O)c3cccs3)=C(O)C(=O)N2c2nnc(SCc3ccc(Cl)cc3Cl)s2)c1. The van der Waals surface area contributed by atoms with Crippen LogP contribution in [0.3, 0.4) is 0 Å². The van der Waals surface area contributed by atoms with E-state index in [2.05, 4.69) is 17.1 Å². The van der Waals surface area contributed by atoms with E-state index in [1.54, 1.807) is 35.7 Å². The maximum atomic E-state index is 13.6. The molecule has 2 aromatic heterocycles. The minimum Gasteiger partial charge on any atom is -0.503 e. The van der Waals surface area contributed by atoms with Crippen molar-refractivity contribution in [2.75, 3.05) is 11.5 Å². The second kappa shape index (κ2) is 13.4. The van der Waals surface area contributed by atoms with Crippen LogP contribution < -0.4 is 9.64 Å². The predicted molar refractivity (Wildman–Crippen MR) is 166 cm³/mol. The standard InChI is InChI=1S/C29H25Cl2N3O4S3/c1-2-3-4-12-38-20-8-5-7-17(14-20)24-23(25(35)22-9-6-13-39-22)26(36)27(37)34(24)28-32-33-29(41-28)40-16-18-10-11-19(30)15-21(18)31/h5-11,13-15,24,36H,2-4,12,16H2,1H3. The van der Waals surface area contributed by atoms with E-state index in [1.807, 2.05) is 24.3 Å². The van der Waals surface area contributed by atoms with E-state index in [9.17, 15) is 14.7 Å². The first-order valence-corrected chi connectivity index (χ1v) is 16.3. The lowest BCUT2D eigenvalue weighted by Gasteiger charge is -2.24. The number of rotatable bonds is 12. The number of aliphatic hydroxyl groups excluding tert-OH is 1. The molecule has 1 aliphatic rings. The molecule has 3 heterocycles. The van der Waals surface area contributed by atoms with Gasteiger partial charge in [-0.1, -0.05) is 90.3 Å². The lowest BCUT2D eigenvalue weighted by Crippen LogP contribution is -2.31. The minimum absolute atomic E-state index is 0.00191. The van der Waals surface area contributed by atoms with Gasteiger partial charge in [0.15, 0.2) is 10.1 Å². The topological polar surface area (TPSA) is 92.6 Å². The number of thiophene rings is 1. The molecule has 12 heteroatoms. The van der Waals surface area contributed by atoms with Crippen LogP contribution in [0.25, 0.3) is 0 Å². The van der Waals surface area contributed by atoms with Gasteiger partial charge >= 0.3 is 0 Å². The van der Waals surface area contributed by atoms with Crippen LogP contribution in [0.1, 0.15) is 53.0 Å². The molecule has 0 spiro atoms. The van der Waals surface area contributed by atoms with Crippen molar-refractivity contribution < 1.29 is 19.4 Å². The Labute approximate surface area is 259 Å². The van der Waals surface area contributed by atoms with Crippen LogP contribution in [0.15, 0.2) is 75.6 Å². The van der Waals surface area contributed by atoms with Crippen LogP contribution >= 0.6 is 57.6 Å². The van der Waals surface area contributed by atoms with E-state index in [0.29, 0.717) is 42.9 Å². The molecule has 0 saturated carbocycles. The number of benzene rings is 2. The maximum Gasteiger partial charge on any atom is 0.296 e. The fraction of sp³-hybridized carbons (Fsp3) is 0.241. The summed E-state index contributed by atoms with van der Waals surface area (Å²) in [5.41, 5.74) is 1.50. The Kier molecular flexibility index (Phi) is 9.67. The van der Waals surface area contributed by atoms with Gasteiger partial charge < -0.3 is 9.84 Å². The molecular formula is C29H25Cl2N3O4S3. The molecule has 0 saturated heterocycles. The number of hydrogen-bond acceptors (Lipinski definition) is 9. The summed E-state index contributed by atoms with van der Waals surface area (Å²) in [7, 11) is 0. The second-order valence-corrected chi connectivity index (χ2v) is 13.1. The number of halogens is 2. The zero-order valence-electron chi connectivity index (χ0n) is 21.9. The third-order valence-corrected chi connectivity index (χ3v) is 9.92. The molecule has 0 fully saturated rings. The number of amides is 1. The third-order valence-electron chi connectivity index (χ3n) is 6.36. The van der Waals surface area contributed by atoms with Crippen molar-refractivity contribution in [2.24, 2.45) is 0 Å². The highest BCUT2D eigenvalue weighted by molar-refractivity contribution is 8.00. The number of aromatic nitrogens is 2. The van der Waals surface area contributed by atoms with Gasteiger partial charge in [0, 0.05) is 15.8 Å². The van der Waals surface area contributed by atoms with Crippen LogP contribution in [0.5, 0.6) is 5.75 Å². The number of ketones is 1. The molecule has 1 amide bonds. The van der Waals surface area contributed by atoms with Gasteiger partial charge in [-0.25, -0.2) is 0 Å². The molecule has 5 rings (SSSR count). The van der Waals surface area contributed by atoms with Crippen molar-refractivity contribution in [1.29, 1.82) is 0 Å². The number of hydrogen-bond donors (Lipinski definition) is 1. The fourth-order valence-electron chi connectivity index (χ4n) is 4.34. The summed E-state index contributed by atoms with van der Waals surface area (Å²) in [4.78, 5) is 28.9. The largest absolute Gasteiger partial charge is 0.503 e. The molecular weight excluding hydrogens is 621 g/mol. The summed E-state index contributed by atoms with van der Waals surface area (Å²) in [6.07, 6.45) is 3.06. The zero-order valence-corrected chi connectivity index (χ0v) is 25.8. The lowest BCUT2D eigenvalue weighted by atomic mass is 9.95. The molecule has 1 aliphatic heterocycles. The number of carbonyl (C=O) groups excluding carboxylic acids is 2. The molecule has 1 atom stereocenters. The Morgan fingerprint density at radius 3 is 2.73 bits per heavy atom. The highest BCUT2D eigenvalue weighted by Gasteiger charge is 2.46. The molecule has 0 aliphatic carbocycles. The number of anilines is 1. The van der Waals surface area contributed by atoms with Gasteiger partial charge in [0.05, 0.1) is 23.1 Å². The van der Waals surface area contributed by atoms with E-state index >= 15 is 0 Å². The van der Waals surface area contributed by atoms with E-state index in [0.717, 1.165) is 24.8 Å². The number of carbonyl (C=O) groups is 2. The summed E-state index contributed by atoms with van der Waals surface area (Å²) in [5.74, 6) is -0.583. The molecule has 2 aromatic carbocycles. The van der Waals surface area contributed by atoms with Gasteiger partial charge in [-0.15, -0.1) is 21.5 Å². The fourth-order valence-corrected chi connectivity index (χ4v) is 7.45. The highest BCUT2D eigenvalue weighted by atomic mass is 35.5. The molecule has 1 N–H and O–H groups in total. The zero-order chi connectivity index (χ0) is 28.9. The first-order chi connectivity index (χ1) is 19.9. The van der Waals surface area contributed by atoms with E-state index < -0.39 is 23.5 Å². The molecule has 7 nitrogen and oxygen atoms in total. The maximum absolute atomic E-state index is 13.6. The van der Waals surface area contributed by atoms with Crippen molar-refractivity contribution in [3.05, 3.63) is 97.4 Å². The quantitative estimate of drug-likeness (QED) is 0.0714. The molecule has 41 heavy (non-hydrogen) atoms. The smallest absolute Gasteiger partial charge is 0.296 e. The van der Waals surface area contributed by atoms with Crippen molar-refractivity contribution in [3.63, 3.8) is 0 Å². The average Bonchev–Trinajstić information content (AvgIpc) is 3.72. The van der Waals surface area contributed by atoms with Crippen molar-refractivity contribution in [1.82, 2.24) is 10.2 Å². The van der Waals surface area contributed by atoms with Gasteiger partial charge in [-0.3, -0.25) is 14.5 Å². The van der Waals surface area contributed by atoms with Crippen LogP contribution in [-0.4, -0.2) is 33.6 Å². The molecule has 4 aromatic rings. The number of nitrogens with zero attached hydrogens (tertiary/aromatic N) is 3. The molecule has 212 valence electrons. The van der Waals surface area contributed by atoms with E-state index in [1.165, 1.54) is 39.3 Å². The molecule has 1 unspecified atom stereocenters. The molecule has 0 radical (unpaired) electrons. The number of unbranched alkanes of at least 4 members (excludes halogenated alkanes) is 2. The number of Topliss-reactive ketones (excluding diaryl/α,β-unsaturated/α-hetero) is 1. The summed E-state index contributed by atoms with van der Waals surface area (Å²) < 4.78 is 6.55. The summed E-state index contributed by atoms with van der Waals surface area (Å²) in [5, 5.41) is 22.7. The number of aliphatic hydroxyl groups is 1. The van der Waals surface area contributed by atoms with Crippen molar-refractivity contribution >= 4 is 74.5 Å². The lowest BCUT2D eigenvalue weighted by molar-refractivity contribution is -0.117. The number of thioether (sulfide) groups is 1. The Balaban J connectivity index is 1.46. The molecule has 0 bridgehead atoms. The first kappa shape index (κ1) is 29.6. The van der Waals surface area contributed by atoms with Gasteiger partial charge in [-0.05, 0) is 53.3 Å². The predicted octanol–water partition coefficient (Wildman–Crippen LogP) is 8.55. The minimum atomic E-state index is -0.909. The monoisotopic (exact) mass is 645 g/mol. The van der Waals surface area contributed by atoms with Gasteiger partial charge in [-0.2, -0.15) is 0 Å². The highest BCUT2D eigenvalue weighted by Crippen LogP contribution is 2.45. The van der Waals surface area contributed by atoms with Crippen molar-refractivity contribution in [3.8, 4) is 5.75 Å². The second-order valence-electron chi connectivity index (χ2n) is 9.15. The van der Waals surface area contributed by atoms with Gasteiger partial charge in [0.2, 0.25) is 10.9 Å². The Bertz CT molecular complexity index is 1590. The third kappa shape index (κ3) is 6.62. The summed E-state index contributed by atoms with van der Waals surface area (Å²) >= 11 is 16.2. The van der Waals surface area contributed by atoms with Crippen molar-refractivity contribution in [2.45, 2.75) is 42.3 Å². The van der Waals surface area contributed by atoms with E-state index in [4.69, 9.17) is 27.9 Å². The van der Waals surface area contributed by atoms with Crippen LogP contribution in [0, 0.1) is 0 Å². The van der Waals surface area contributed by atoms with E-state index in [-0.39, 0.29) is 10.7 Å². The van der Waals surface area contributed by atoms with Crippen LogP contribution in [0.4, 0.5) is 5.13 Å². The van der Waals surface area contributed by atoms with Gasteiger partial charge in [0.25, 0.3) is 5.91 Å². The Hall–Kier alpha value is -2.89. The van der Waals surface area contributed by atoms with Crippen LogP contribution in [0.2, 0.25) is 10.0 Å². The summed E-state index contributed by atoms with van der Waals surface area (Å²) in [6, 6.07) is 15.1. The van der Waals surface area contributed by atoms with Gasteiger partial charge in [0.1, 0.15) is 5.75 Å².